The van der Waals surface area contributed by atoms with Crippen molar-refractivity contribution < 1.29 is 9.53 Å². The van der Waals surface area contributed by atoms with Gasteiger partial charge in [-0.3, -0.25) is 9.97 Å². The number of hydrogen-bond donors (Lipinski definition) is 2. The van der Waals surface area contributed by atoms with Gasteiger partial charge in [-0.25, -0.2) is 9.78 Å². The van der Waals surface area contributed by atoms with Gasteiger partial charge in [0.15, 0.2) is 0 Å². The molecule has 192 valence electrons. The topological polar surface area (TPSA) is 107 Å². The first-order valence-corrected chi connectivity index (χ1v) is 13.8. The van der Waals surface area contributed by atoms with E-state index < -0.39 is 0 Å². The lowest BCUT2D eigenvalue weighted by Crippen LogP contribution is -2.30. The van der Waals surface area contributed by atoms with E-state index in [1.807, 2.05) is 54.9 Å². The van der Waals surface area contributed by atoms with E-state index in [0.717, 1.165) is 76.1 Å². The van der Waals surface area contributed by atoms with Crippen molar-refractivity contribution in [1.29, 1.82) is 0 Å². The number of imidazole rings is 1. The lowest BCUT2D eigenvalue weighted by atomic mass is 9.87. The molecule has 6 rings (SSSR count). The van der Waals surface area contributed by atoms with Gasteiger partial charge in [0.25, 0.3) is 0 Å². The fourth-order valence-electron chi connectivity index (χ4n) is 5.17. The highest BCUT2D eigenvalue weighted by molar-refractivity contribution is 7.12. The third-order valence-corrected chi connectivity index (χ3v) is 8.06. The average molecular weight is 524 g/mol. The SMILES string of the molecule is Cc1cccc(-c2[nH]cnc2-c2ccc3ncc(-c4csc(C(=O)OC[C@@H]5CCC[C@@H](N)C5)c4)cc3c2)n1. The highest BCUT2D eigenvalue weighted by atomic mass is 32.1. The van der Waals surface area contributed by atoms with Crippen LogP contribution in [0.5, 0.6) is 0 Å². The van der Waals surface area contributed by atoms with Crippen molar-refractivity contribution in [2.75, 3.05) is 6.61 Å². The van der Waals surface area contributed by atoms with E-state index in [9.17, 15) is 4.79 Å². The van der Waals surface area contributed by atoms with Crippen molar-refractivity contribution in [3.8, 4) is 33.8 Å². The fourth-order valence-corrected chi connectivity index (χ4v) is 5.98. The van der Waals surface area contributed by atoms with Gasteiger partial charge in [-0.15, -0.1) is 11.3 Å². The fraction of sp³-hybridized carbons (Fsp3) is 0.267. The molecule has 0 radical (unpaired) electrons. The predicted octanol–water partition coefficient (Wildman–Crippen LogP) is 6.40. The molecule has 8 heteroatoms. The Morgan fingerprint density at radius 1 is 1.11 bits per heavy atom. The van der Waals surface area contributed by atoms with Gasteiger partial charge in [-0.2, -0.15) is 0 Å². The second-order valence-corrected chi connectivity index (χ2v) is 10.9. The Bertz CT molecular complexity index is 1610. The monoisotopic (exact) mass is 523 g/mol. The molecule has 0 unspecified atom stereocenters. The smallest absolute Gasteiger partial charge is 0.348 e. The number of pyridine rings is 2. The quantitative estimate of drug-likeness (QED) is 0.250. The molecule has 1 aliphatic rings. The Hall–Kier alpha value is -3.88. The second-order valence-electron chi connectivity index (χ2n) is 10.0. The summed E-state index contributed by atoms with van der Waals surface area (Å²) in [6.07, 6.45) is 7.71. The summed E-state index contributed by atoms with van der Waals surface area (Å²) in [6, 6.07) is 16.3. The van der Waals surface area contributed by atoms with Crippen LogP contribution in [0.25, 0.3) is 44.7 Å². The Morgan fingerprint density at radius 2 is 2.00 bits per heavy atom. The molecule has 0 saturated heterocycles. The third-order valence-electron chi connectivity index (χ3n) is 7.15. The summed E-state index contributed by atoms with van der Waals surface area (Å²) in [5.74, 6) is 0.0880. The van der Waals surface area contributed by atoms with Crippen LogP contribution >= 0.6 is 11.3 Å². The standard InChI is InChI=1S/C30H29N5O2S/c1-18-4-2-7-26(35-18)29-28(33-17-34-29)20-8-9-25-21(11-20)12-22(14-32-25)23-13-27(38-16-23)30(36)37-15-19-5-3-6-24(31)10-19/h2,4,7-9,11-14,16-17,19,24H,3,5-6,10,15,31H2,1H3,(H,33,34)/t19-,24-/m1/s1. The van der Waals surface area contributed by atoms with Gasteiger partial charge in [0.05, 0.1) is 35.5 Å². The van der Waals surface area contributed by atoms with Gasteiger partial charge in [-0.05, 0) is 79.4 Å². The highest BCUT2D eigenvalue weighted by Crippen LogP contribution is 2.33. The summed E-state index contributed by atoms with van der Waals surface area (Å²) in [4.78, 5) is 30.4. The molecule has 4 aromatic heterocycles. The zero-order valence-electron chi connectivity index (χ0n) is 21.2. The minimum Gasteiger partial charge on any atom is -0.461 e. The van der Waals surface area contributed by atoms with Crippen LogP contribution in [0.2, 0.25) is 0 Å². The van der Waals surface area contributed by atoms with Crippen LogP contribution in [0, 0.1) is 12.8 Å². The van der Waals surface area contributed by atoms with Crippen LogP contribution in [0.4, 0.5) is 0 Å². The molecule has 1 saturated carbocycles. The number of aryl methyl sites for hydroxylation is 1. The van der Waals surface area contributed by atoms with E-state index >= 15 is 0 Å². The van der Waals surface area contributed by atoms with E-state index in [1.54, 1.807) is 6.33 Å². The lowest BCUT2D eigenvalue weighted by Gasteiger charge is -2.25. The van der Waals surface area contributed by atoms with Gasteiger partial charge in [0.2, 0.25) is 0 Å². The number of thiophene rings is 1. The molecule has 1 fully saturated rings. The van der Waals surface area contributed by atoms with Crippen LogP contribution in [0.3, 0.4) is 0 Å². The Morgan fingerprint density at radius 3 is 2.87 bits per heavy atom. The van der Waals surface area contributed by atoms with E-state index in [1.165, 1.54) is 11.3 Å². The zero-order chi connectivity index (χ0) is 26.1. The van der Waals surface area contributed by atoms with Crippen LogP contribution in [0.1, 0.15) is 41.0 Å². The van der Waals surface area contributed by atoms with Gasteiger partial charge in [0, 0.05) is 34.4 Å². The van der Waals surface area contributed by atoms with Crippen molar-refractivity contribution in [3.05, 3.63) is 77.0 Å². The zero-order valence-corrected chi connectivity index (χ0v) is 22.0. The summed E-state index contributed by atoms with van der Waals surface area (Å²) in [5.41, 5.74) is 13.4. The number of benzene rings is 1. The first-order valence-electron chi connectivity index (χ1n) is 12.9. The van der Waals surface area contributed by atoms with E-state index in [4.69, 9.17) is 10.5 Å². The summed E-state index contributed by atoms with van der Waals surface area (Å²) in [5, 5.41) is 2.98. The number of carbonyl (C=O) groups is 1. The minimum absolute atomic E-state index is 0.223. The molecule has 38 heavy (non-hydrogen) atoms. The number of fused-ring (bicyclic) bond motifs is 1. The molecule has 7 nitrogen and oxygen atoms in total. The third kappa shape index (κ3) is 5.10. The maximum atomic E-state index is 12.7. The number of hydrogen-bond acceptors (Lipinski definition) is 7. The Kier molecular flexibility index (Phi) is 6.74. The molecule has 1 aromatic carbocycles. The molecule has 2 atom stereocenters. The van der Waals surface area contributed by atoms with Crippen molar-refractivity contribution in [3.63, 3.8) is 0 Å². The maximum absolute atomic E-state index is 12.7. The number of carbonyl (C=O) groups excluding carboxylic acids is 1. The van der Waals surface area contributed by atoms with Crippen LogP contribution in [-0.4, -0.2) is 38.6 Å². The van der Waals surface area contributed by atoms with Crippen molar-refractivity contribution >= 4 is 28.2 Å². The summed E-state index contributed by atoms with van der Waals surface area (Å²) >= 11 is 1.40. The molecule has 1 aliphatic carbocycles. The summed E-state index contributed by atoms with van der Waals surface area (Å²) < 4.78 is 5.63. The minimum atomic E-state index is -0.271. The van der Waals surface area contributed by atoms with Gasteiger partial charge in [-0.1, -0.05) is 18.6 Å². The highest BCUT2D eigenvalue weighted by Gasteiger charge is 2.21. The number of ether oxygens (including phenoxy) is 1. The number of rotatable bonds is 6. The van der Waals surface area contributed by atoms with E-state index in [0.29, 0.717) is 17.4 Å². The van der Waals surface area contributed by atoms with Crippen molar-refractivity contribution in [2.24, 2.45) is 11.7 Å². The van der Waals surface area contributed by atoms with Crippen LogP contribution in [0.15, 0.2) is 66.4 Å². The molecule has 5 aromatic rings. The van der Waals surface area contributed by atoms with Gasteiger partial charge in [0.1, 0.15) is 4.88 Å². The summed E-state index contributed by atoms with van der Waals surface area (Å²) in [7, 11) is 0. The molecule has 0 amide bonds. The molecular weight excluding hydrogens is 494 g/mol. The number of H-pyrrole nitrogens is 1. The average Bonchev–Trinajstić information content (AvgIpc) is 3.62. The largest absolute Gasteiger partial charge is 0.461 e. The Labute approximate surface area is 225 Å². The molecule has 0 bridgehead atoms. The number of aromatic amines is 1. The molecule has 3 N–H and O–H groups in total. The van der Waals surface area contributed by atoms with Gasteiger partial charge >= 0.3 is 5.97 Å². The first-order chi connectivity index (χ1) is 18.5. The normalized spacial score (nSPS) is 17.5. The molecule has 4 heterocycles. The second kappa shape index (κ2) is 10.5. The van der Waals surface area contributed by atoms with Crippen LogP contribution < -0.4 is 5.73 Å². The number of esters is 1. The number of nitrogens with zero attached hydrogens (tertiary/aromatic N) is 3. The molecular formula is C30H29N5O2S. The number of aromatic nitrogens is 4. The Balaban J connectivity index is 1.23. The van der Waals surface area contributed by atoms with Crippen molar-refractivity contribution in [2.45, 2.75) is 38.6 Å². The predicted molar refractivity (Wildman–Crippen MR) is 151 cm³/mol. The van der Waals surface area contributed by atoms with E-state index in [2.05, 4.69) is 32.1 Å². The number of nitrogens with one attached hydrogen (secondary N) is 1. The lowest BCUT2D eigenvalue weighted by molar-refractivity contribution is 0.0408. The number of nitrogens with two attached hydrogens (primary N) is 1. The molecule has 0 aliphatic heterocycles. The molecule has 0 spiro atoms. The van der Waals surface area contributed by atoms with Crippen LogP contribution in [-0.2, 0) is 4.74 Å². The first kappa shape index (κ1) is 24.5. The van der Waals surface area contributed by atoms with Crippen molar-refractivity contribution in [1.82, 2.24) is 19.9 Å². The van der Waals surface area contributed by atoms with Gasteiger partial charge < -0.3 is 15.5 Å². The summed E-state index contributed by atoms with van der Waals surface area (Å²) in [6.45, 7) is 2.41. The maximum Gasteiger partial charge on any atom is 0.348 e. The van der Waals surface area contributed by atoms with E-state index in [-0.39, 0.29) is 12.0 Å².